The summed E-state index contributed by atoms with van der Waals surface area (Å²) in [6.07, 6.45) is 0. The number of rotatable bonds is 4. The zero-order valence-corrected chi connectivity index (χ0v) is 13.1. The van der Waals surface area contributed by atoms with Crippen molar-refractivity contribution in [2.75, 3.05) is 14.2 Å². The summed E-state index contributed by atoms with van der Waals surface area (Å²) < 4.78 is 26.1. The maximum absolute atomic E-state index is 14.5. The highest BCUT2D eigenvalue weighted by Crippen LogP contribution is 2.42. The summed E-state index contributed by atoms with van der Waals surface area (Å²) in [6, 6.07) is 2.72. The molecule has 0 aliphatic rings. The Morgan fingerprint density at radius 1 is 1.38 bits per heavy atom. The number of aromatic carboxylic acids is 1. The number of halogens is 2. The van der Waals surface area contributed by atoms with Crippen LogP contribution in [0, 0.1) is 5.82 Å². The van der Waals surface area contributed by atoms with Crippen molar-refractivity contribution in [2.24, 2.45) is 7.05 Å². The van der Waals surface area contributed by atoms with Crippen LogP contribution in [0.4, 0.5) is 4.39 Å². The van der Waals surface area contributed by atoms with E-state index in [0.29, 0.717) is 11.4 Å². The highest BCUT2D eigenvalue weighted by molar-refractivity contribution is 9.10. The molecule has 1 N–H and O–H groups in total. The first kappa shape index (κ1) is 15.3. The average molecular weight is 359 g/mol. The molecular formula is C13H12BrFN2O4. The summed E-state index contributed by atoms with van der Waals surface area (Å²) in [5.74, 6) is -1.23. The van der Waals surface area contributed by atoms with Crippen molar-refractivity contribution >= 4 is 21.9 Å². The second kappa shape index (κ2) is 5.72. The Hall–Kier alpha value is -2.09. The van der Waals surface area contributed by atoms with Gasteiger partial charge in [0.25, 0.3) is 0 Å². The molecule has 2 rings (SSSR count). The van der Waals surface area contributed by atoms with E-state index in [9.17, 15) is 9.18 Å². The number of methoxy groups -OCH3 is 2. The summed E-state index contributed by atoms with van der Waals surface area (Å²) >= 11 is 3.11. The minimum absolute atomic E-state index is 0.0948. The molecule has 8 heteroatoms. The number of carboxylic acid groups (broad SMARTS) is 1. The fourth-order valence-corrected chi connectivity index (χ4v) is 2.51. The van der Waals surface area contributed by atoms with Gasteiger partial charge in [-0.05, 0) is 28.1 Å². The van der Waals surface area contributed by atoms with Crippen LogP contribution < -0.4 is 9.47 Å². The Balaban J connectivity index is 2.70. The van der Waals surface area contributed by atoms with Crippen LogP contribution in [0.1, 0.15) is 10.5 Å². The first-order valence-electron chi connectivity index (χ1n) is 5.78. The minimum atomic E-state index is -1.18. The lowest BCUT2D eigenvalue weighted by atomic mass is 10.1. The number of nitrogens with zero attached hydrogens (tertiary/aromatic N) is 2. The predicted molar refractivity (Wildman–Crippen MR) is 76.4 cm³/mol. The van der Waals surface area contributed by atoms with Gasteiger partial charge in [0.1, 0.15) is 0 Å². The van der Waals surface area contributed by atoms with E-state index in [4.69, 9.17) is 14.6 Å². The van der Waals surface area contributed by atoms with Crippen LogP contribution in [0.5, 0.6) is 11.5 Å². The van der Waals surface area contributed by atoms with E-state index in [1.54, 1.807) is 0 Å². The molecular weight excluding hydrogens is 347 g/mol. The molecule has 2 aromatic rings. The second-order valence-electron chi connectivity index (χ2n) is 4.13. The highest BCUT2D eigenvalue weighted by Gasteiger charge is 2.22. The maximum atomic E-state index is 14.5. The van der Waals surface area contributed by atoms with Crippen LogP contribution in [-0.2, 0) is 7.05 Å². The maximum Gasteiger partial charge on any atom is 0.356 e. The Labute approximate surface area is 128 Å². The number of aromatic nitrogens is 2. The molecule has 0 atom stereocenters. The van der Waals surface area contributed by atoms with Crippen LogP contribution in [0.25, 0.3) is 11.3 Å². The van der Waals surface area contributed by atoms with Gasteiger partial charge in [-0.3, -0.25) is 4.68 Å². The summed E-state index contributed by atoms with van der Waals surface area (Å²) in [4.78, 5) is 10.9. The number of carbonyl (C=O) groups is 1. The van der Waals surface area contributed by atoms with E-state index in [0.717, 1.165) is 0 Å². The molecule has 0 saturated heterocycles. The molecule has 6 nitrogen and oxygen atoms in total. The van der Waals surface area contributed by atoms with Crippen molar-refractivity contribution in [3.05, 3.63) is 28.1 Å². The van der Waals surface area contributed by atoms with Gasteiger partial charge in [-0.25, -0.2) is 9.18 Å². The zero-order chi connectivity index (χ0) is 15.7. The van der Waals surface area contributed by atoms with E-state index in [1.165, 1.54) is 38.1 Å². The van der Waals surface area contributed by atoms with Gasteiger partial charge in [0.05, 0.1) is 24.4 Å². The largest absolute Gasteiger partial charge is 0.493 e. The third-order valence-electron chi connectivity index (χ3n) is 2.93. The van der Waals surface area contributed by atoms with Crippen molar-refractivity contribution in [1.82, 2.24) is 9.78 Å². The number of ether oxygens (including phenoxy) is 2. The minimum Gasteiger partial charge on any atom is -0.493 e. The second-order valence-corrected chi connectivity index (χ2v) is 4.92. The van der Waals surface area contributed by atoms with Crippen LogP contribution in [-0.4, -0.2) is 35.1 Å². The molecule has 1 heterocycles. The molecule has 0 aliphatic heterocycles. The molecule has 21 heavy (non-hydrogen) atoms. The smallest absolute Gasteiger partial charge is 0.356 e. The fourth-order valence-electron chi connectivity index (χ4n) is 1.94. The third-order valence-corrected chi connectivity index (χ3v) is 3.63. The lowest BCUT2D eigenvalue weighted by Crippen LogP contribution is -2.01. The summed E-state index contributed by atoms with van der Waals surface area (Å²) in [7, 11) is 4.36. The lowest BCUT2D eigenvalue weighted by molar-refractivity contribution is 0.0689. The molecule has 0 fully saturated rings. The fraction of sp³-hybridized carbons (Fsp3) is 0.231. The van der Waals surface area contributed by atoms with E-state index in [1.807, 2.05) is 0 Å². The Morgan fingerprint density at radius 3 is 2.52 bits per heavy atom. The van der Waals surface area contributed by atoms with Crippen LogP contribution in [0.2, 0.25) is 0 Å². The van der Waals surface area contributed by atoms with Gasteiger partial charge < -0.3 is 14.6 Å². The molecule has 1 aromatic carbocycles. The van der Waals surface area contributed by atoms with E-state index in [-0.39, 0.29) is 21.5 Å². The van der Waals surface area contributed by atoms with E-state index >= 15 is 0 Å². The van der Waals surface area contributed by atoms with Crippen molar-refractivity contribution in [3.8, 4) is 22.8 Å². The van der Waals surface area contributed by atoms with Crippen molar-refractivity contribution in [3.63, 3.8) is 0 Å². The van der Waals surface area contributed by atoms with Gasteiger partial charge in [-0.2, -0.15) is 5.10 Å². The Morgan fingerprint density at radius 2 is 2.05 bits per heavy atom. The molecule has 0 spiro atoms. The predicted octanol–water partition coefficient (Wildman–Crippen LogP) is 2.70. The molecule has 0 bridgehead atoms. The van der Waals surface area contributed by atoms with E-state index < -0.39 is 11.8 Å². The number of hydrogen-bond donors (Lipinski definition) is 1. The molecule has 0 aliphatic carbocycles. The van der Waals surface area contributed by atoms with Crippen molar-refractivity contribution in [1.29, 1.82) is 0 Å². The lowest BCUT2D eigenvalue weighted by Gasteiger charge is -2.13. The summed E-state index contributed by atoms with van der Waals surface area (Å²) in [5, 5.41) is 12.8. The Kier molecular flexibility index (Phi) is 4.17. The topological polar surface area (TPSA) is 73.6 Å². The highest BCUT2D eigenvalue weighted by atomic mass is 79.9. The average Bonchev–Trinajstić information content (AvgIpc) is 2.83. The third kappa shape index (κ3) is 2.58. The first-order valence-corrected chi connectivity index (χ1v) is 6.57. The molecule has 1 aromatic heterocycles. The molecule has 0 radical (unpaired) electrons. The summed E-state index contributed by atoms with van der Waals surface area (Å²) in [6.45, 7) is 0. The van der Waals surface area contributed by atoms with Crippen LogP contribution in [0.3, 0.4) is 0 Å². The number of carboxylic acids is 1. The number of benzene rings is 1. The van der Waals surface area contributed by atoms with Crippen molar-refractivity contribution in [2.45, 2.75) is 0 Å². The van der Waals surface area contributed by atoms with Gasteiger partial charge in [-0.1, -0.05) is 0 Å². The molecule has 0 unspecified atom stereocenters. The monoisotopic (exact) mass is 358 g/mol. The Bertz CT molecular complexity index is 715. The molecule has 112 valence electrons. The zero-order valence-electron chi connectivity index (χ0n) is 11.5. The normalized spacial score (nSPS) is 10.5. The van der Waals surface area contributed by atoms with Gasteiger partial charge in [0, 0.05) is 12.6 Å². The van der Waals surface area contributed by atoms with Crippen molar-refractivity contribution < 1.29 is 23.8 Å². The SMILES string of the molecule is COc1cc(-c2cc(C(=O)O)nn2C)c(F)c(Br)c1OC. The summed E-state index contributed by atoms with van der Waals surface area (Å²) in [5.41, 5.74) is 0.298. The van der Waals surface area contributed by atoms with E-state index in [2.05, 4.69) is 21.0 Å². The van der Waals surface area contributed by atoms with Gasteiger partial charge in [-0.15, -0.1) is 0 Å². The van der Waals surface area contributed by atoms with Gasteiger partial charge >= 0.3 is 5.97 Å². The first-order chi connectivity index (χ1) is 9.90. The van der Waals surface area contributed by atoms with Gasteiger partial charge in [0.15, 0.2) is 23.0 Å². The molecule has 0 amide bonds. The van der Waals surface area contributed by atoms with Crippen LogP contribution >= 0.6 is 15.9 Å². The van der Waals surface area contributed by atoms with Gasteiger partial charge in [0.2, 0.25) is 0 Å². The number of aryl methyl sites for hydroxylation is 1. The molecule has 0 saturated carbocycles. The van der Waals surface area contributed by atoms with Crippen LogP contribution in [0.15, 0.2) is 16.6 Å². The number of hydrogen-bond acceptors (Lipinski definition) is 4. The standard InChI is InChI=1S/C13H12BrFN2O4/c1-17-8(5-7(16-17)13(18)19)6-4-9(20-2)12(21-3)10(14)11(6)15/h4-5H,1-3H3,(H,18,19). The quantitative estimate of drug-likeness (QED) is 0.909.